The molecule has 1 aliphatic rings. The van der Waals surface area contributed by atoms with Crippen LogP contribution in [0.2, 0.25) is 0 Å². The molecule has 0 aromatic heterocycles. The Labute approximate surface area is 99.1 Å². The van der Waals surface area contributed by atoms with Crippen LogP contribution in [0, 0.1) is 6.92 Å². The van der Waals surface area contributed by atoms with Crippen molar-refractivity contribution in [1.29, 1.82) is 0 Å². The summed E-state index contributed by atoms with van der Waals surface area (Å²) in [5, 5.41) is 0. The number of hydrogen-bond acceptors (Lipinski definition) is 1. The predicted octanol–water partition coefficient (Wildman–Crippen LogP) is 4.21. The van der Waals surface area contributed by atoms with Crippen LogP contribution in [0.5, 0.6) is 0 Å². The van der Waals surface area contributed by atoms with Gasteiger partial charge in [0.1, 0.15) is 0 Å². The highest BCUT2D eigenvalue weighted by atomic mass is 16.5. The fraction of sp³-hybridized carbons (Fsp3) is 0.467. The van der Waals surface area contributed by atoms with E-state index in [2.05, 4.69) is 44.2 Å². The minimum atomic E-state index is 0.153. The largest absolute Gasteiger partial charge is 0.501 e. The van der Waals surface area contributed by atoms with Crippen molar-refractivity contribution < 1.29 is 4.74 Å². The average Bonchev–Trinajstić information content (AvgIpc) is 2.33. The molecule has 0 radical (unpaired) electrons. The first kappa shape index (κ1) is 12.8. The molecule has 0 saturated carbocycles. The molecule has 1 heteroatoms. The van der Waals surface area contributed by atoms with Crippen LogP contribution in [0.25, 0.3) is 0 Å². The topological polar surface area (TPSA) is 9.23 Å². The zero-order valence-corrected chi connectivity index (χ0v) is 10.8. The molecule has 1 unspecified atom stereocenters. The summed E-state index contributed by atoms with van der Waals surface area (Å²) >= 11 is 0. The zero-order valence-electron chi connectivity index (χ0n) is 10.8. The van der Waals surface area contributed by atoms with E-state index in [9.17, 15) is 0 Å². The van der Waals surface area contributed by atoms with Crippen molar-refractivity contribution in [3.8, 4) is 0 Å². The predicted molar refractivity (Wildman–Crippen MR) is 69.6 cm³/mol. The summed E-state index contributed by atoms with van der Waals surface area (Å²) < 4.78 is 5.41. The molecular weight excluding hydrogens is 196 g/mol. The maximum atomic E-state index is 5.41. The van der Waals surface area contributed by atoms with Crippen LogP contribution < -0.4 is 0 Å². The monoisotopic (exact) mass is 218 g/mol. The Hall–Kier alpha value is -1.24. The third kappa shape index (κ3) is 2.66. The number of allylic oxidation sites excluding steroid dienone is 1. The highest BCUT2D eigenvalue weighted by Crippen LogP contribution is 2.32. The van der Waals surface area contributed by atoms with Gasteiger partial charge in [0, 0.05) is 5.41 Å². The Kier molecular flexibility index (Phi) is 4.60. The summed E-state index contributed by atoms with van der Waals surface area (Å²) in [6, 6.07) is 8.56. The van der Waals surface area contributed by atoms with E-state index in [1.54, 1.807) is 6.26 Å². The normalized spacial score (nSPS) is 23.0. The number of ether oxygens (including phenoxy) is 1. The summed E-state index contributed by atoms with van der Waals surface area (Å²) in [6.45, 7) is 9.21. The molecular formula is C15H22O. The maximum Gasteiger partial charge on any atom is 0.0970 e. The van der Waals surface area contributed by atoms with Gasteiger partial charge in [-0.3, -0.25) is 0 Å². The number of benzene rings is 1. The molecule has 0 N–H and O–H groups in total. The molecule has 0 amide bonds. The van der Waals surface area contributed by atoms with Gasteiger partial charge < -0.3 is 4.74 Å². The smallest absolute Gasteiger partial charge is 0.0970 e. The number of aryl methyl sites for hydroxylation is 1. The van der Waals surface area contributed by atoms with Gasteiger partial charge in [-0.2, -0.15) is 0 Å². The highest BCUT2D eigenvalue weighted by molar-refractivity contribution is 5.34. The summed E-state index contributed by atoms with van der Waals surface area (Å²) in [4.78, 5) is 0. The van der Waals surface area contributed by atoms with E-state index in [0.29, 0.717) is 0 Å². The van der Waals surface area contributed by atoms with E-state index >= 15 is 0 Å². The third-order valence-corrected chi connectivity index (χ3v) is 2.96. The second-order valence-corrected chi connectivity index (χ2v) is 4.26. The van der Waals surface area contributed by atoms with Gasteiger partial charge in [0.25, 0.3) is 0 Å². The first-order valence-electron chi connectivity index (χ1n) is 6.05. The van der Waals surface area contributed by atoms with Crippen LogP contribution in [0.15, 0.2) is 36.6 Å². The van der Waals surface area contributed by atoms with E-state index in [0.717, 1.165) is 13.0 Å². The van der Waals surface area contributed by atoms with E-state index in [1.807, 2.05) is 13.8 Å². The molecule has 0 spiro atoms. The van der Waals surface area contributed by atoms with Crippen molar-refractivity contribution in [2.45, 2.75) is 39.5 Å². The van der Waals surface area contributed by atoms with Crippen molar-refractivity contribution in [3.63, 3.8) is 0 Å². The van der Waals surface area contributed by atoms with Gasteiger partial charge >= 0.3 is 0 Å². The first-order chi connectivity index (χ1) is 7.72. The van der Waals surface area contributed by atoms with E-state index in [1.165, 1.54) is 11.1 Å². The van der Waals surface area contributed by atoms with E-state index < -0.39 is 0 Å². The summed E-state index contributed by atoms with van der Waals surface area (Å²) in [7, 11) is 0. The molecule has 1 atom stereocenters. The van der Waals surface area contributed by atoms with Gasteiger partial charge in [0.2, 0.25) is 0 Å². The molecule has 0 fully saturated rings. The first-order valence-corrected chi connectivity index (χ1v) is 6.05. The molecule has 2 rings (SSSR count). The van der Waals surface area contributed by atoms with Gasteiger partial charge in [0.05, 0.1) is 12.9 Å². The van der Waals surface area contributed by atoms with Gasteiger partial charge in [-0.15, -0.1) is 0 Å². The van der Waals surface area contributed by atoms with Crippen LogP contribution >= 0.6 is 0 Å². The summed E-state index contributed by atoms with van der Waals surface area (Å²) in [5.41, 5.74) is 2.92. The van der Waals surface area contributed by atoms with Crippen LogP contribution in [-0.4, -0.2) is 6.61 Å². The van der Waals surface area contributed by atoms with Gasteiger partial charge in [-0.1, -0.05) is 45.0 Å². The van der Waals surface area contributed by atoms with Gasteiger partial charge in [0.15, 0.2) is 0 Å². The lowest BCUT2D eigenvalue weighted by Gasteiger charge is -2.32. The van der Waals surface area contributed by atoms with Gasteiger partial charge in [-0.25, -0.2) is 0 Å². The molecule has 1 aromatic carbocycles. The Bertz CT molecular complexity index is 354. The van der Waals surface area contributed by atoms with Crippen LogP contribution in [0.3, 0.4) is 0 Å². The standard InChI is InChI=1S/C13H16O.C2H6/c1-11-6-3-4-7-12(11)13(2)8-5-9-14-10-13;1-2/h3-7,9H,8,10H2,1-2H3;1-2H3. The molecule has 0 bridgehead atoms. The lowest BCUT2D eigenvalue weighted by molar-refractivity contribution is 0.159. The van der Waals surface area contributed by atoms with Gasteiger partial charge in [-0.05, 0) is 30.5 Å². The van der Waals surface area contributed by atoms with Crippen molar-refractivity contribution in [2.75, 3.05) is 6.61 Å². The van der Waals surface area contributed by atoms with E-state index in [4.69, 9.17) is 4.74 Å². The lowest BCUT2D eigenvalue weighted by atomic mass is 9.77. The molecule has 0 aliphatic carbocycles. The number of hydrogen-bond donors (Lipinski definition) is 0. The molecule has 16 heavy (non-hydrogen) atoms. The Morgan fingerprint density at radius 2 is 1.88 bits per heavy atom. The minimum absolute atomic E-state index is 0.153. The Morgan fingerprint density at radius 3 is 2.44 bits per heavy atom. The van der Waals surface area contributed by atoms with Crippen molar-refractivity contribution in [1.82, 2.24) is 0 Å². The molecule has 1 nitrogen and oxygen atoms in total. The average molecular weight is 218 g/mol. The van der Waals surface area contributed by atoms with Crippen molar-refractivity contribution in [3.05, 3.63) is 47.7 Å². The molecule has 1 heterocycles. The molecule has 0 saturated heterocycles. The fourth-order valence-electron chi connectivity index (χ4n) is 2.11. The quantitative estimate of drug-likeness (QED) is 0.686. The number of rotatable bonds is 1. The summed E-state index contributed by atoms with van der Waals surface area (Å²) in [6.07, 6.45) is 4.98. The Morgan fingerprint density at radius 1 is 1.19 bits per heavy atom. The van der Waals surface area contributed by atoms with Crippen molar-refractivity contribution in [2.24, 2.45) is 0 Å². The second kappa shape index (κ2) is 5.74. The maximum absolute atomic E-state index is 5.41. The highest BCUT2D eigenvalue weighted by Gasteiger charge is 2.29. The fourth-order valence-corrected chi connectivity index (χ4v) is 2.11. The summed E-state index contributed by atoms with van der Waals surface area (Å²) in [5.74, 6) is 0. The second-order valence-electron chi connectivity index (χ2n) is 4.26. The molecule has 88 valence electrons. The van der Waals surface area contributed by atoms with Crippen LogP contribution in [0.1, 0.15) is 38.3 Å². The minimum Gasteiger partial charge on any atom is -0.501 e. The third-order valence-electron chi connectivity index (χ3n) is 2.96. The molecule has 1 aliphatic heterocycles. The zero-order chi connectivity index (χ0) is 12.0. The van der Waals surface area contributed by atoms with Crippen LogP contribution in [-0.2, 0) is 10.2 Å². The van der Waals surface area contributed by atoms with Crippen LogP contribution in [0.4, 0.5) is 0 Å². The SMILES string of the molecule is CC.Cc1ccccc1C1(C)CC=COC1. The van der Waals surface area contributed by atoms with E-state index in [-0.39, 0.29) is 5.41 Å². The lowest BCUT2D eigenvalue weighted by Crippen LogP contribution is -2.29. The van der Waals surface area contributed by atoms with Crippen molar-refractivity contribution >= 4 is 0 Å². The Balaban J connectivity index is 0.000000606. The molecule has 1 aromatic rings.